The second kappa shape index (κ2) is 6.86. The third kappa shape index (κ3) is 3.58. The molecule has 0 saturated heterocycles. The summed E-state index contributed by atoms with van der Waals surface area (Å²) in [6.07, 6.45) is 2.02. The van der Waals surface area contributed by atoms with E-state index in [9.17, 15) is 0 Å². The Labute approximate surface area is 124 Å². The van der Waals surface area contributed by atoms with Gasteiger partial charge in [-0.2, -0.15) is 0 Å². The van der Waals surface area contributed by atoms with Crippen molar-refractivity contribution in [3.05, 3.63) is 64.3 Å². The van der Waals surface area contributed by atoms with Crippen LogP contribution in [0.4, 0.5) is 0 Å². The van der Waals surface area contributed by atoms with Gasteiger partial charge in [0.25, 0.3) is 0 Å². The standard InChI is InChI=1S/C16H20N4O/c1-12(2)16(18-19-17)15-5-4-10-20(15)11-13-6-8-14(21-3)9-7-13/h4-10,12,16H,11H2,1-3H3. The van der Waals surface area contributed by atoms with Gasteiger partial charge in [0.05, 0.1) is 13.2 Å². The molecule has 2 aromatic rings. The number of azide groups is 1. The van der Waals surface area contributed by atoms with Crippen molar-refractivity contribution in [1.29, 1.82) is 0 Å². The minimum Gasteiger partial charge on any atom is -0.497 e. The summed E-state index contributed by atoms with van der Waals surface area (Å²) < 4.78 is 7.29. The van der Waals surface area contributed by atoms with Gasteiger partial charge in [-0.1, -0.05) is 31.1 Å². The Morgan fingerprint density at radius 2 is 1.95 bits per heavy atom. The van der Waals surface area contributed by atoms with E-state index in [1.807, 2.05) is 42.6 Å². The second-order valence-electron chi connectivity index (χ2n) is 5.30. The monoisotopic (exact) mass is 284 g/mol. The quantitative estimate of drug-likeness (QED) is 0.436. The van der Waals surface area contributed by atoms with E-state index in [0.29, 0.717) is 0 Å². The SMILES string of the molecule is COc1ccc(Cn2cccc2C(N=[N+]=[N-])C(C)C)cc1. The number of benzene rings is 1. The summed E-state index contributed by atoms with van der Waals surface area (Å²) in [5.74, 6) is 1.10. The summed E-state index contributed by atoms with van der Waals surface area (Å²) in [4.78, 5) is 2.98. The van der Waals surface area contributed by atoms with E-state index in [4.69, 9.17) is 10.3 Å². The van der Waals surface area contributed by atoms with Gasteiger partial charge in [0.15, 0.2) is 0 Å². The molecule has 0 N–H and O–H groups in total. The summed E-state index contributed by atoms with van der Waals surface area (Å²) in [5.41, 5.74) is 11.0. The third-order valence-electron chi connectivity index (χ3n) is 3.49. The van der Waals surface area contributed by atoms with Crippen molar-refractivity contribution >= 4 is 0 Å². The molecule has 21 heavy (non-hydrogen) atoms. The van der Waals surface area contributed by atoms with Crippen LogP contribution in [0.15, 0.2) is 47.7 Å². The minimum absolute atomic E-state index is 0.150. The van der Waals surface area contributed by atoms with Crippen molar-refractivity contribution < 1.29 is 4.74 Å². The number of methoxy groups -OCH3 is 1. The molecule has 1 atom stereocenters. The highest BCUT2D eigenvalue weighted by molar-refractivity contribution is 5.28. The molecule has 5 heteroatoms. The zero-order chi connectivity index (χ0) is 15.2. The summed E-state index contributed by atoms with van der Waals surface area (Å²) in [7, 11) is 1.66. The number of ether oxygens (including phenoxy) is 1. The Kier molecular flexibility index (Phi) is 4.90. The molecular weight excluding hydrogens is 264 g/mol. The lowest BCUT2D eigenvalue weighted by Gasteiger charge is -2.18. The molecule has 0 aliphatic carbocycles. The Balaban J connectivity index is 2.24. The Morgan fingerprint density at radius 3 is 2.52 bits per heavy atom. The van der Waals surface area contributed by atoms with Gasteiger partial charge >= 0.3 is 0 Å². The van der Waals surface area contributed by atoms with Crippen LogP contribution in [0.2, 0.25) is 0 Å². The summed E-state index contributed by atoms with van der Waals surface area (Å²) in [5, 5.41) is 3.94. The normalized spacial score (nSPS) is 12.0. The van der Waals surface area contributed by atoms with Crippen LogP contribution in [-0.2, 0) is 6.54 Å². The molecule has 110 valence electrons. The molecule has 0 bridgehead atoms. The highest BCUT2D eigenvalue weighted by atomic mass is 16.5. The first-order valence-electron chi connectivity index (χ1n) is 6.98. The number of hydrogen-bond donors (Lipinski definition) is 0. The molecule has 1 aromatic heterocycles. The molecule has 0 aliphatic rings. The Morgan fingerprint density at radius 1 is 1.24 bits per heavy atom. The highest BCUT2D eigenvalue weighted by Gasteiger charge is 2.17. The van der Waals surface area contributed by atoms with Crippen molar-refractivity contribution in [2.75, 3.05) is 7.11 Å². The molecule has 1 unspecified atom stereocenters. The Hall–Kier alpha value is -2.39. The maximum atomic E-state index is 8.76. The van der Waals surface area contributed by atoms with Crippen LogP contribution in [0.1, 0.15) is 31.1 Å². The number of nitrogens with zero attached hydrogens (tertiary/aromatic N) is 4. The molecule has 0 aliphatic heterocycles. The second-order valence-corrected chi connectivity index (χ2v) is 5.30. The van der Waals surface area contributed by atoms with Gasteiger partial charge in [-0.25, -0.2) is 0 Å². The summed E-state index contributed by atoms with van der Waals surface area (Å²) >= 11 is 0. The molecule has 0 amide bonds. The first-order valence-corrected chi connectivity index (χ1v) is 6.98. The summed E-state index contributed by atoms with van der Waals surface area (Å²) in [6, 6.07) is 11.8. The van der Waals surface area contributed by atoms with Gasteiger partial charge in [-0.3, -0.25) is 0 Å². The van der Waals surface area contributed by atoms with Gasteiger partial charge in [0.1, 0.15) is 5.75 Å². The van der Waals surface area contributed by atoms with E-state index >= 15 is 0 Å². The maximum Gasteiger partial charge on any atom is 0.118 e. The van der Waals surface area contributed by atoms with Crippen LogP contribution in [0, 0.1) is 5.92 Å². The lowest BCUT2D eigenvalue weighted by Crippen LogP contribution is -2.11. The predicted octanol–water partition coefficient (Wildman–Crippen LogP) is 4.55. The van der Waals surface area contributed by atoms with Crippen LogP contribution in [0.25, 0.3) is 10.4 Å². The van der Waals surface area contributed by atoms with Crippen LogP contribution >= 0.6 is 0 Å². The number of rotatable bonds is 6. The van der Waals surface area contributed by atoms with Crippen LogP contribution in [0.5, 0.6) is 5.75 Å². The van der Waals surface area contributed by atoms with Crippen molar-refractivity contribution in [3.63, 3.8) is 0 Å². The molecule has 0 saturated carbocycles. The maximum absolute atomic E-state index is 8.76. The topological polar surface area (TPSA) is 62.9 Å². The lowest BCUT2D eigenvalue weighted by atomic mass is 10.0. The zero-order valence-corrected chi connectivity index (χ0v) is 12.6. The first-order chi connectivity index (χ1) is 10.2. The smallest absolute Gasteiger partial charge is 0.118 e. The van der Waals surface area contributed by atoms with Gasteiger partial charge in [0, 0.05) is 23.3 Å². The fraction of sp³-hybridized carbons (Fsp3) is 0.375. The van der Waals surface area contributed by atoms with Gasteiger partial charge in [-0.15, -0.1) is 0 Å². The molecule has 1 aromatic carbocycles. The molecule has 1 heterocycles. The van der Waals surface area contributed by atoms with E-state index in [2.05, 4.69) is 28.4 Å². The molecule has 5 nitrogen and oxygen atoms in total. The number of hydrogen-bond acceptors (Lipinski definition) is 2. The lowest BCUT2D eigenvalue weighted by molar-refractivity contribution is 0.414. The van der Waals surface area contributed by atoms with E-state index in [-0.39, 0.29) is 12.0 Å². The third-order valence-corrected chi connectivity index (χ3v) is 3.49. The van der Waals surface area contributed by atoms with Gasteiger partial charge in [0.2, 0.25) is 0 Å². The van der Waals surface area contributed by atoms with E-state index in [1.54, 1.807) is 7.11 Å². The molecule has 0 fully saturated rings. The molecule has 0 spiro atoms. The van der Waals surface area contributed by atoms with Crippen LogP contribution < -0.4 is 4.74 Å². The average Bonchev–Trinajstić information content (AvgIpc) is 2.93. The fourth-order valence-corrected chi connectivity index (χ4v) is 2.36. The molecular formula is C16H20N4O. The van der Waals surface area contributed by atoms with E-state index in [0.717, 1.165) is 18.0 Å². The van der Waals surface area contributed by atoms with Crippen LogP contribution in [0.3, 0.4) is 0 Å². The van der Waals surface area contributed by atoms with E-state index < -0.39 is 0 Å². The summed E-state index contributed by atoms with van der Waals surface area (Å²) in [6.45, 7) is 4.87. The van der Waals surface area contributed by atoms with Crippen LogP contribution in [-0.4, -0.2) is 11.7 Å². The van der Waals surface area contributed by atoms with Crippen molar-refractivity contribution in [2.24, 2.45) is 11.0 Å². The molecule has 0 radical (unpaired) electrons. The largest absolute Gasteiger partial charge is 0.497 e. The number of aromatic nitrogens is 1. The van der Waals surface area contributed by atoms with Gasteiger partial charge < -0.3 is 9.30 Å². The average molecular weight is 284 g/mol. The van der Waals surface area contributed by atoms with E-state index in [1.165, 1.54) is 5.56 Å². The van der Waals surface area contributed by atoms with Crippen molar-refractivity contribution in [3.8, 4) is 5.75 Å². The highest BCUT2D eigenvalue weighted by Crippen LogP contribution is 2.27. The molecule has 2 rings (SSSR count). The van der Waals surface area contributed by atoms with Gasteiger partial charge in [-0.05, 0) is 41.3 Å². The first kappa shape index (κ1) is 15.0. The minimum atomic E-state index is -0.150. The fourth-order valence-electron chi connectivity index (χ4n) is 2.36. The predicted molar refractivity (Wildman–Crippen MR) is 83.3 cm³/mol. The van der Waals surface area contributed by atoms with Crippen molar-refractivity contribution in [1.82, 2.24) is 4.57 Å². The van der Waals surface area contributed by atoms with Crippen molar-refractivity contribution in [2.45, 2.75) is 26.4 Å². The Bertz CT molecular complexity index is 624. The zero-order valence-electron chi connectivity index (χ0n) is 12.6.